The van der Waals surface area contributed by atoms with E-state index in [1.807, 2.05) is 18.0 Å². The minimum Gasteiger partial charge on any atom is -0.472 e. The van der Waals surface area contributed by atoms with Crippen molar-refractivity contribution >= 4 is 5.69 Å². The maximum atomic E-state index is 13.4. The van der Waals surface area contributed by atoms with Crippen LogP contribution in [0, 0.1) is 17.1 Å². The third-order valence-corrected chi connectivity index (χ3v) is 2.51. The Labute approximate surface area is 98.7 Å². The topological polar surface area (TPSA) is 40.2 Å². The SMILES string of the molecule is CN(Cc1ccoc1)c1ccc(C#N)c(F)c1. The van der Waals surface area contributed by atoms with Crippen LogP contribution in [0.5, 0.6) is 0 Å². The van der Waals surface area contributed by atoms with Crippen LogP contribution in [0.25, 0.3) is 0 Å². The normalized spacial score (nSPS) is 9.94. The molecule has 0 saturated heterocycles. The van der Waals surface area contributed by atoms with E-state index in [-0.39, 0.29) is 5.56 Å². The molecule has 0 aliphatic rings. The van der Waals surface area contributed by atoms with Crippen LogP contribution < -0.4 is 4.90 Å². The fourth-order valence-corrected chi connectivity index (χ4v) is 1.58. The van der Waals surface area contributed by atoms with Crippen molar-refractivity contribution in [3.05, 3.63) is 53.7 Å². The lowest BCUT2D eigenvalue weighted by Crippen LogP contribution is -2.16. The van der Waals surface area contributed by atoms with Gasteiger partial charge < -0.3 is 9.32 Å². The molecule has 0 radical (unpaired) electrons. The molecular formula is C13H11FN2O. The molecule has 4 heteroatoms. The second kappa shape index (κ2) is 4.71. The average Bonchev–Trinajstić information content (AvgIpc) is 2.81. The first-order valence-electron chi connectivity index (χ1n) is 5.12. The molecule has 0 aliphatic heterocycles. The average molecular weight is 230 g/mol. The number of benzene rings is 1. The third kappa shape index (κ3) is 2.45. The molecule has 86 valence electrons. The zero-order valence-corrected chi connectivity index (χ0v) is 9.35. The van der Waals surface area contributed by atoms with Crippen LogP contribution in [-0.4, -0.2) is 7.05 Å². The maximum absolute atomic E-state index is 13.4. The quantitative estimate of drug-likeness (QED) is 0.813. The van der Waals surface area contributed by atoms with E-state index in [0.717, 1.165) is 11.3 Å². The molecule has 0 fully saturated rings. The highest BCUT2D eigenvalue weighted by Crippen LogP contribution is 2.19. The van der Waals surface area contributed by atoms with Crippen LogP contribution in [0.3, 0.4) is 0 Å². The van der Waals surface area contributed by atoms with E-state index in [4.69, 9.17) is 9.68 Å². The van der Waals surface area contributed by atoms with Crippen molar-refractivity contribution in [3.63, 3.8) is 0 Å². The zero-order valence-electron chi connectivity index (χ0n) is 9.35. The summed E-state index contributed by atoms with van der Waals surface area (Å²) in [5, 5.41) is 8.64. The van der Waals surface area contributed by atoms with E-state index in [9.17, 15) is 4.39 Å². The molecule has 0 atom stereocenters. The molecule has 0 unspecified atom stereocenters. The van der Waals surface area contributed by atoms with Crippen molar-refractivity contribution in [2.45, 2.75) is 6.54 Å². The van der Waals surface area contributed by atoms with Gasteiger partial charge in [-0.05, 0) is 24.3 Å². The van der Waals surface area contributed by atoms with Crippen LogP contribution in [0.4, 0.5) is 10.1 Å². The Hall–Kier alpha value is -2.28. The van der Waals surface area contributed by atoms with Crippen LogP contribution in [0.15, 0.2) is 41.2 Å². The van der Waals surface area contributed by atoms with Gasteiger partial charge in [0.2, 0.25) is 0 Å². The summed E-state index contributed by atoms with van der Waals surface area (Å²) in [7, 11) is 1.85. The smallest absolute Gasteiger partial charge is 0.143 e. The first-order chi connectivity index (χ1) is 8.20. The van der Waals surface area contributed by atoms with E-state index in [1.165, 1.54) is 12.1 Å². The summed E-state index contributed by atoms with van der Waals surface area (Å²) >= 11 is 0. The van der Waals surface area contributed by atoms with Crippen molar-refractivity contribution in [2.75, 3.05) is 11.9 Å². The van der Waals surface area contributed by atoms with Gasteiger partial charge in [-0.15, -0.1) is 0 Å². The summed E-state index contributed by atoms with van der Waals surface area (Å²) in [6.07, 6.45) is 3.25. The van der Waals surface area contributed by atoms with Crippen molar-refractivity contribution < 1.29 is 8.81 Å². The Morgan fingerprint density at radius 1 is 1.41 bits per heavy atom. The number of rotatable bonds is 3. The van der Waals surface area contributed by atoms with Gasteiger partial charge in [0.15, 0.2) is 0 Å². The largest absolute Gasteiger partial charge is 0.472 e. The van der Waals surface area contributed by atoms with Gasteiger partial charge in [-0.1, -0.05) is 0 Å². The van der Waals surface area contributed by atoms with Crippen molar-refractivity contribution in [1.82, 2.24) is 0 Å². The Morgan fingerprint density at radius 2 is 2.24 bits per heavy atom. The Morgan fingerprint density at radius 3 is 2.82 bits per heavy atom. The number of furan rings is 1. The second-order valence-electron chi connectivity index (χ2n) is 3.76. The standard InChI is InChI=1S/C13H11FN2O/c1-16(8-10-4-5-17-9-10)12-3-2-11(7-15)13(14)6-12/h2-6,9H,8H2,1H3. The molecule has 0 bridgehead atoms. The molecule has 1 aromatic heterocycles. The highest BCUT2D eigenvalue weighted by atomic mass is 19.1. The minimum absolute atomic E-state index is 0.0606. The number of halogens is 1. The van der Waals surface area contributed by atoms with Gasteiger partial charge in [-0.25, -0.2) is 4.39 Å². The summed E-state index contributed by atoms with van der Waals surface area (Å²) in [4.78, 5) is 1.88. The molecule has 1 aromatic carbocycles. The van der Waals surface area contributed by atoms with Gasteiger partial charge >= 0.3 is 0 Å². The number of anilines is 1. The van der Waals surface area contributed by atoms with E-state index in [2.05, 4.69) is 0 Å². The van der Waals surface area contributed by atoms with Gasteiger partial charge in [0, 0.05) is 24.8 Å². The summed E-state index contributed by atoms with van der Waals surface area (Å²) in [6.45, 7) is 0.627. The molecule has 3 nitrogen and oxygen atoms in total. The molecule has 2 rings (SSSR count). The number of nitrogens with zero attached hydrogens (tertiary/aromatic N) is 2. The molecule has 0 N–H and O–H groups in total. The molecule has 0 spiro atoms. The Kier molecular flexibility index (Phi) is 3.10. The maximum Gasteiger partial charge on any atom is 0.143 e. The van der Waals surface area contributed by atoms with Crippen molar-refractivity contribution in [1.29, 1.82) is 5.26 Å². The lowest BCUT2D eigenvalue weighted by atomic mass is 10.2. The van der Waals surface area contributed by atoms with Crippen LogP contribution in [0.1, 0.15) is 11.1 Å². The summed E-state index contributed by atoms with van der Waals surface area (Å²) in [5.41, 5.74) is 1.80. The Bertz CT molecular complexity index is 543. The summed E-state index contributed by atoms with van der Waals surface area (Å²) < 4.78 is 18.4. The molecule has 2 aromatic rings. The number of hydrogen-bond donors (Lipinski definition) is 0. The van der Waals surface area contributed by atoms with E-state index >= 15 is 0 Å². The van der Waals surface area contributed by atoms with E-state index in [0.29, 0.717) is 6.54 Å². The van der Waals surface area contributed by atoms with Gasteiger partial charge in [-0.2, -0.15) is 5.26 Å². The number of nitriles is 1. The lowest BCUT2D eigenvalue weighted by Gasteiger charge is -2.18. The zero-order chi connectivity index (χ0) is 12.3. The van der Waals surface area contributed by atoms with E-state index < -0.39 is 5.82 Å². The monoisotopic (exact) mass is 230 g/mol. The third-order valence-electron chi connectivity index (χ3n) is 2.51. The minimum atomic E-state index is -0.496. The van der Waals surface area contributed by atoms with Crippen molar-refractivity contribution in [2.24, 2.45) is 0 Å². The van der Waals surface area contributed by atoms with E-state index in [1.54, 1.807) is 24.7 Å². The van der Waals surface area contributed by atoms with Crippen molar-refractivity contribution in [3.8, 4) is 6.07 Å². The molecule has 1 heterocycles. The Balaban J connectivity index is 2.17. The van der Waals surface area contributed by atoms with Gasteiger partial charge in [0.05, 0.1) is 18.1 Å². The van der Waals surface area contributed by atoms with Gasteiger partial charge in [-0.3, -0.25) is 0 Å². The van der Waals surface area contributed by atoms with Crippen LogP contribution in [-0.2, 0) is 6.54 Å². The highest BCUT2D eigenvalue weighted by Gasteiger charge is 2.07. The second-order valence-corrected chi connectivity index (χ2v) is 3.76. The van der Waals surface area contributed by atoms with Gasteiger partial charge in [0.25, 0.3) is 0 Å². The highest BCUT2D eigenvalue weighted by molar-refractivity contribution is 5.50. The molecule has 0 amide bonds. The first-order valence-corrected chi connectivity index (χ1v) is 5.12. The summed E-state index contributed by atoms with van der Waals surface area (Å²) in [6, 6.07) is 8.22. The fraction of sp³-hybridized carbons (Fsp3) is 0.154. The fourth-order valence-electron chi connectivity index (χ4n) is 1.58. The van der Waals surface area contributed by atoms with Gasteiger partial charge in [0.1, 0.15) is 11.9 Å². The molecule has 0 aliphatic carbocycles. The molecule has 0 saturated carbocycles. The summed E-state index contributed by atoms with van der Waals surface area (Å²) in [5.74, 6) is -0.496. The van der Waals surface area contributed by atoms with Crippen LogP contribution in [0.2, 0.25) is 0 Å². The van der Waals surface area contributed by atoms with Crippen LogP contribution >= 0.6 is 0 Å². The predicted octanol–water partition coefficient (Wildman–Crippen LogP) is 2.93. The number of hydrogen-bond acceptors (Lipinski definition) is 3. The molecular weight excluding hydrogens is 219 g/mol. The lowest BCUT2D eigenvalue weighted by molar-refractivity contribution is 0.563. The first kappa shape index (κ1) is 11.2. The molecule has 17 heavy (non-hydrogen) atoms. The predicted molar refractivity (Wildman–Crippen MR) is 61.9 cm³/mol.